The number of hydrogen-bond donors (Lipinski definition) is 1. The molecular formula is C19H14ClF3N2O3. The highest BCUT2D eigenvalue weighted by Crippen LogP contribution is 2.34. The Morgan fingerprint density at radius 1 is 1.18 bits per heavy atom. The van der Waals surface area contributed by atoms with Crippen LogP contribution in [0, 0.1) is 11.3 Å². The predicted molar refractivity (Wildman–Crippen MR) is 98.2 cm³/mol. The zero-order valence-electron chi connectivity index (χ0n) is 14.7. The van der Waals surface area contributed by atoms with Gasteiger partial charge < -0.3 is 14.8 Å². The number of benzene rings is 2. The summed E-state index contributed by atoms with van der Waals surface area (Å²) in [4.78, 5) is 12.3. The fraction of sp³-hybridized carbons (Fsp3) is 0.158. The maximum atomic E-state index is 12.8. The van der Waals surface area contributed by atoms with Crippen molar-refractivity contribution in [3.63, 3.8) is 0 Å². The zero-order chi connectivity index (χ0) is 20.9. The number of methoxy groups -OCH3 is 2. The lowest BCUT2D eigenvalue weighted by atomic mass is 10.1. The molecule has 0 atom stereocenters. The number of hydrogen-bond acceptors (Lipinski definition) is 4. The maximum Gasteiger partial charge on any atom is 0.416 e. The van der Waals surface area contributed by atoms with Crippen molar-refractivity contribution in [1.29, 1.82) is 5.26 Å². The predicted octanol–water partition coefficient (Wildman–Crippen LogP) is 4.92. The summed E-state index contributed by atoms with van der Waals surface area (Å²) in [5.41, 5.74) is -1.07. The first-order valence-corrected chi connectivity index (χ1v) is 8.09. The van der Waals surface area contributed by atoms with Crippen LogP contribution in [0.25, 0.3) is 6.08 Å². The number of ether oxygens (including phenoxy) is 2. The molecule has 0 aliphatic heterocycles. The molecule has 1 N–H and O–H groups in total. The highest BCUT2D eigenvalue weighted by Gasteiger charge is 2.30. The normalized spacial score (nSPS) is 11.5. The van der Waals surface area contributed by atoms with Crippen molar-refractivity contribution >= 4 is 29.3 Å². The van der Waals surface area contributed by atoms with E-state index < -0.39 is 17.6 Å². The van der Waals surface area contributed by atoms with Gasteiger partial charge in [-0.1, -0.05) is 17.7 Å². The molecule has 28 heavy (non-hydrogen) atoms. The summed E-state index contributed by atoms with van der Waals surface area (Å²) in [6.45, 7) is 0. The Bertz CT molecular complexity index is 966. The van der Waals surface area contributed by atoms with Gasteiger partial charge in [-0.25, -0.2) is 0 Å². The van der Waals surface area contributed by atoms with E-state index in [-0.39, 0.29) is 16.3 Å². The number of halogens is 4. The molecule has 0 fully saturated rings. The molecule has 0 radical (unpaired) electrons. The maximum absolute atomic E-state index is 12.8. The highest BCUT2D eigenvalue weighted by molar-refractivity contribution is 6.32. The Balaban J connectivity index is 2.33. The van der Waals surface area contributed by atoms with Crippen LogP contribution in [0.2, 0.25) is 5.02 Å². The number of alkyl halides is 3. The van der Waals surface area contributed by atoms with Crippen LogP contribution in [-0.4, -0.2) is 20.1 Å². The van der Waals surface area contributed by atoms with Crippen LogP contribution in [0.15, 0.2) is 42.0 Å². The molecule has 0 bridgehead atoms. The summed E-state index contributed by atoms with van der Waals surface area (Å²) in [5.74, 6) is -0.196. The minimum atomic E-state index is -4.55. The standard InChI is InChI=1S/C19H14ClF3N2O3/c1-27-16-7-11(15(20)9-17(16)28-2)6-12(10-24)18(26)25-14-5-3-4-13(8-14)19(21,22)23/h3-9H,1-2H3,(H,25,26)/b12-6-. The van der Waals surface area contributed by atoms with Crippen LogP contribution in [0.5, 0.6) is 11.5 Å². The smallest absolute Gasteiger partial charge is 0.416 e. The summed E-state index contributed by atoms with van der Waals surface area (Å²) in [5, 5.41) is 11.7. The highest BCUT2D eigenvalue weighted by atomic mass is 35.5. The summed E-state index contributed by atoms with van der Waals surface area (Å²) in [7, 11) is 2.83. The van der Waals surface area contributed by atoms with Crippen molar-refractivity contribution in [3.05, 3.63) is 58.1 Å². The van der Waals surface area contributed by atoms with Gasteiger partial charge in [-0.15, -0.1) is 0 Å². The topological polar surface area (TPSA) is 71.3 Å². The van der Waals surface area contributed by atoms with Gasteiger partial charge in [-0.3, -0.25) is 4.79 Å². The third-order valence-corrected chi connectivity index (χ3v) is 3.94. The molecule has 0 aliphatic rings. The number of carbonyl (C=O) groups excluding carboxylic acids is 1. The van der Waals surface area contributed by atoms with E-state index in [0.29, 0.717) is 17.1 Å². The van der Waals surface area contributed by atoms with Gasteiger partial charge in [0.2, 0.25) is 0 Å². The second-order valence-electron chi connectivity index (χ2n) is 5.43. The zero-order valence-corrected chi connectivity index (χ0v) is 15.5. The minimum absolute atomic E-state index is 0.0978. The van der Waals surface area contributed by atoms with Gasteiger partial charge in [-0.2, -0.15) is 18.4 Å². The average Bonchev–Trinajstić information content (AvgIpc) is 2.66. The molecule has 0 saturated heterocycles. The molecule has 2 aromatic rings. The number of nitrogens with zero attached hydrogens (tertiary/aromatic N) is 1. The molecule has 5 nitrogen and oxygen atoms in total. The minimum Gasteiger partial charge on any atom is -0.493 e. The van der Waals surface area contributed by atoms with Crippen LogP contribution < -0.4 is 14.8 Å². The molecule has 0 heterocycles. The Morgan fingerprint density at radius 2 is 1.82 bits per heavy atom. The van der Waals surface area contributed by atoms with Crippen molar-refractivity contribution in [1.82, 2.24) is 0 Å². The van der Waals surface area contributed by atoms with Crippen molar-refractivity contribution in [2.24, 2.45) is 0 Å². The van der Waals surface area contributed by atoms with Crippen molar-refractivity contribution < 1.29 is 27.4 Å². The van der Waals surface area contributed by atoms with Gasteiger partial charge in [0.25, 0.3) is 5.91 Å². The lowest BCUT2D eigenvalue weighted by Crippen LogP contribution is -2.14. The molecule has 2 aromatic carbocycles. The van der Waals surface area contributed by atoms with Crippen molar-refractivity contribution in [2.75, 3.05) is 19.5 Å². The molecule has 0 unspecified atom stereocenters. The first-order valence-electron chi connectivity index (χ1n) is 7.71. The quantitative estimate of drug-likeness (QED) is 0.561. The van der Waals surface area contributed by atoms with E-state index in [0.717, 1.165) is 18.2 Å². The molecule has 9 heteroatoms. The van der Waals surface area contributed by atoms with E-state index in [1.165, 1.54) is 38.5 Å². The lowest BCUT2D eigenvalue weighted by molar-refractivity contribution is -0.137. The number of nitriles is 1. The second-order valence-corrected chi connectivity index (χ2v) is 5.84. The van der Waals surface area contributed by atoms with Gasteiger partial charge in [-0.05, 0) is 35.9 Å². The Labute approximate surface area is 163 Å². The van der Waals surface area contributed by atoms with E-state index in [1.54, 1.807) is 6.07 Å². The van der Waals surface area contributed by atoms with Crippen LogP contribution in [0.1, 0.15) is 11.1 Å². The van der Waals surface area contributed by atoms with E-state index in [1.807, 2.05) is 0 Å². The molecule has 146 valence electrons. The van der Waals surface area contributed by atoms with E-state index in [2.05, 4.69) is 5.32 Å². The largest absolute Gasteiger partial charge is 0.493 e. The molecule has 0 aliphatic carbocycles. The molecule has 0 spiro atoms. The summed E-state index contributed by atoms with van der Waals surface area (Å²) >= 11 is 6.13. The molecule has 0 aromatic heterocycles. The third-order valence-electron chi connectivity index (χ3n) is 3.62. The summed E-state index contributed by atoms with van der Waals surface area (Å²) in [6, 6.07) is 8.71. The van der Waals surface area contributed by atoms with Crippen LogP contribution >= 0.6 is 11.6 Å². The molecule has 1 amide bonds. The third kappa shape index (κ3) is 4.96. The fourth-order valence-corrected chi connectivity index (χ4v) is 2.46. The van der Waals surface area contributed by atoms with Gasteiger partial charge in [0.05, 0.1) is 24.8 Å². The van der Waals surface area contributed by atoms with Crippen molar-refractivity contribution in [2.45, 2.75) is 6.18 Å². The average molecular weight is 411 g/mol. The first-order chi connectivity index (χ1) is 13.2. The monoisotopic (exact) mass is 410 g/mol. The van der Waals surface area contributed by atoms with Gasteiger partial charge in [0, 0.05) is 11.8 Å². The summed E-state index contributed by atoms with van der Waals surface area (Å²) < 4.78 is 48.6. The number of nitrogens with one attached hydrogen (secondary N) is 1. The van der Waals surface area contributed by atoms with Gasteiger partial charge >= 0.3 is 6.18 Å². The van der Waals surface area contributed by atoms with Gasteiger partial charge in [0.1, 0.15) is 11.6 Å². The second kappa shape index (κ2) is 8.67. The van der Waals surface area contributed by atoms with E-state index >= 15 is 0 Å². The van der Waals surface area contributed by atoms with E-state index in [4.69, 9.17) is 21.1 Å². The molecular weight excluding hydrogens is 397 g/mol. The van der Waals surface area contributed by atoms with E-state index in [9.17, 15) is 23.2 Å². The Morgan fingerprint density at radius 3 is 2.39 bits per heavy atom. The number of carbonyl (C=O) groups is 1. The number of rotatable bonds is 5. The lowest BCUT2D eigenvalue weighted by Gasteiger charge is -2.11. The molecule has 0 saturated carbocycles. The van der Waals surface area contributed by atoms with Gasteiger partial charge in [0.15, 0.2) is 11.5 Å². The van der Waals surface area contributed by atoms with Crippen LogP contribution in [0.4, 0.5) is 18.9 Å². The Hall–Kier alpha value is -3.18. The van der Waals surface area contributed by atoms with Crippen LogP contribution in [-0.2, 0) is 11.0 Å². The summed E-state index contributed by atoms with van der Waals surface area (Å²) in [6.07, 6.45) is -3.35. The van der Waals surface area contributed by atoms with Crippen LogP contribution in [0.3, 0.4) is 0 Å². The fourth-order valence-electron chi connectivity index (χ4n) is 2.26. The number of amides is 1. The van der Waals surface area contributed by atoms with Crippen molar-refractivity contribution in [3.8, 4) is 17.6 Å². The SMILES string of the molecule is COc1cc(Cl)c(/C=C(/C#N)C(=O)Nc2cccc(C(F)(F)F)c2)cc1OC. The first kappa shape index (κ1) is 21.1. The Kier molecular flexibility index (Phi) is 6.54. The molecule has 2 rings (SSSR count). The number of anilines is 1.